The number of hydrogen-bond donors (Lipinski definition) is 0. The Morgan fingerprint density at radius 2 is 1.56 bits per heavy atom. The van der Waals surface area contributed by atoms with Crippen molar-refractivity contribution in [3.63, 3.8) is 0 Å². The minimum absolute atomic E-state index is 0.00249. The van der Waals surface area contributed by atoms with Crippen molar-refractivity contribution in [2.24, 2.45) is 0 Å². The lowest BCUT2D eigenvalue weighted by atomic mass is 10.0. The highest BCUT2D eigenvalue weighted by molar-refractivity contribution is 5.81. The van der Waals surface area contributed by atoms with Crippen molar-refractivity contribution in [3.8, 4) is 11.5 Å². The van der Waals surface area contributed by atoms with Crippen LogP contribution in [0.2, 0.25) is 0 Å². The van der Waals surface area contributed by atoms with Crippen LogP contribution in [-0.2, 0) is 9.59 Å². The normalized spacial score (nSPS) is 15.3. The Kier molecular flexibility index (Phi) is 8.14. The molecule has 1 unspecified atom stereocenters. The number of amides is 2. The maximum absolute atomic E-state index is 13.0. The summed E-state index contributed by atoms with van der Waals surface area (Å²) in [4.78, 5) is 29.2. The third-order valence-corrected chi connectivity index (χ3v) is 5.74. The monoisotopic (exact) mass is 438 g/mol. The molecule has 6 heteroatoms. The molecule has 0 aliphatic carbocycles. The van der Waals surface area contributed by atoms with Gasteiger partial charge in [0.1, 0.15) is 11.5 Å². The molecule has 2 aromatic rings. The molecule has 2 amide bonds. The molecule has 6 nitrogen and oxygen atoms in total. The molecule has 0 aromatic heterocycles. The van der Waals surface area contributed by atoms with Gasteiger partial charge in [-0.25, -0.2) is 0 Å². The first-order valence-corrected chi connectivity index (χ1v) is 11.4. The van der Waals surface area contributed by atoms with Crippen molar-refractivity contribution in [2.45, 2.75) is 46.1 Å². The van der Waals surface area contributed by atoms with Gasteiger partial charge in [-0.3, -0.25) is 9.59 Å². The summed E-state index contributed by atoms with van der Waals surface area (Å²) < 4.78 is 11.7. The van der Waals surface area contributed by atoms with Crippen molar-refractivity contribution < 1.29 is 19.1 Å². The van der Waals surface area contributed by atoms with E-state index in [4.69, 9.17) is 9.47 Å². The highest BCUT2D eigenvalue weighted by Gasteiger charge is 2.27. The zero-order chi connectivity index (χ0) is 23.1. The smallest absolute Gasteiger partial charge is 0.263 e. The Hall–Kier alpha value is -3.02. The molecule has 0 bridgehead atoms. The fourth-order valence-electron chi connectivity index (χ4n) is 3.82. The predicted molar refractivity (Wildman–Crippen MR) is 125 cm³/mol. The molecule has 1 aliphatic heterocycles. The van der Waals surface area contributed by atoms with E-state index < -0.39 is 6.10 Å². The number of carbonyl (C=O) groups excluding carboxylic acids is 2. The van der Waals surface area contributed by atoms with E-state index in [0.717, 1.165) is 23.3 Å². The fraction of sp³-hybridized carbons (Fsp3) is 0.462. The van der Waals surface area contributed by atoms with E-state index in [1.165, 1.54) is 0 Å². The highest BCUT2D eigenvalue weighted by atomic mass is 16.5. The lowest BCUT2D eigenvalue weighted by Gasteiger charge is -2.26. The summed E-state index contributed by atoms with van der Waals surface area (Å²) in [5, 5.41) is 0. The Bertz CT molecular complexity index is 910. The van der Waals surface area contributed by atoms with Crippen LogP contribution < -0.4 is 9.47 Å². The quantitative estimate of drug-likeness (QED) is 0.655. The fourth-order valence-corrected chi connectivity index (χ4v) is 3.82. The number of rotatable bonds is 7. The summed E-state index contributed by atoms with van der Waals surface area (Å²) >= 11 is 0. The number of ether oxygens (including phenoxy) is 2. The molecule has 32 heavy (non-hydrogen) atoms. The van der Waals surface area contributed by atoms with E-state index in [2.05, 4.69) is 13.8 Å². The third kappa shape index (κ3) is 6.25. The van der Waals surface area contributed by atoms with Gasteiger partial charge in [-0.2, -0.15) is 0 Å². The van der Waals surface area contributed by atoms with Gasteiger partial charge in [0.15, 0.2) is 12.7 Å². The number of nitrogens with zero attached hydrogens (tertiary/aromatic N) is 2. The van der Waals surface area contributed by atoms with Crippen molar-refractivity contribution in [2.75, 3.05) is 32.8 Å². The van der Waals surface area contributed by atoms with E-state index >= 15 is 0 Å². The second-order valence-corrected chi connectivity index (χ2v) is 8.61. The van der Waals surface area contributed by atoms with Crippen LogP contribution in [0.25, 0.3) is 0 Å². The average molecular weight is 439 g/mol. The summed E-state index contributed by atoms with van der Waals surface area (Å²) in [5.41, 5.74) is 2.24. The number of hydrogen-bond acceptors (Lipinski definition) is 4. The Morgan fingerprint density at radius 1 is 0.906 bits per heavy atom. The second-order valence-electron chi connectivity index (χ2n) is 8.61. The first kappa shape index (κ1) is 23.6. The molecule has 1 aliphatic rings. The maximum Gasteiger partial charge on any atom is 0.263 e. The molecule has 1 saturated heterocycles. The van der Waals surface area contributed by atoms with Crippen molar-refractivity contribution in [1.29, 1.82) is 0 Å². The van der Waals surface area contributed by atoms with Gasteiger partial charge < -0.3 is 19.3 Å². The van der Waals surface area contributed by atoms with Crippen LogP contribution in [0.3, 0.4) is 0 Å². The minimum atomic E-state index is -0.581. The van der Waals surface area contributed by atoms with Gasteiger partial charge in [0.2, 0.25) is 0 Å². The van der Waals surface area contributed by atoms with Crippen LogP contribution in [-0.4, -0.2) is 60.5 Å². The molecule has 0 saturated carbocycles. The largest absolute Gasteiger partial charge is 0.484 e. The lowest BCUT2D eigenvalue weighted by Crippen LogP contribution is -2.43. The van der Waals surface area contributed by atoms with Gasteiger partial charge in [-0.05, 0) is 49.9 Å². The van der Waals surface area contributed by atoms with Crippen molar-refractivity contribution in [1.82, 2.24) is 9.80 Å². The summed E-state index contributed by atoms with van der Waals surface area (Å²) in [6.07, 6.45) is 0.152. The average Bonchev–Trinajstić information content (AvgIpc) is 3.04. The molecule has 1 fully saturated rings. The topological polar surface area (TPSA) is 59.1 Å². The van der Waals surface area contributed by atoms with Crippen LogP contribution in [0, 0.1) is 6.92 Å². The van der Waals surface area contributed by atoms with Crippen molar-refractivity contribution >= 4 is 11.8 Å². The van der Waals surface area contributed by atoms with Gasteiger partial charge in [0.05, 0.1) is 0 Å². The summed E-state index contributed by atoms with van der Waals surface area (Å²) in [7, 11) is 0. The molecule has 2 aromatic carbocycles. The van der Waals surface area contributed by atoms with Gasteiger partial charge in [0, 0.05) is 26.2 Å². The molecule has 172 valence electrons. The molecule has 3 rings (SSSR count). The number of carbonyl (C=O) groups is 2. The van der Waals surface area contributed by atoms with Crippen LogP contribution >= 0.6 is 0 Å². The van der Waals surface area contributed by atoms with E-state index in [9.17, 15) is 9.59 Å². The molecule has 0 spiro atoms. The van der Waals surface area contributed by atoms with E-state index in [-0.39, 0.29) is 18.4 Å². The number of aryl methyl sites for hydroxylation is 1. The maximum atomic E-state index is 13.0. The van der Waals surface area contributed by atoms with E-state index in [1.807, 2.05) is 55.5 Å². The number of benzene rings is 2. The predicted octanol–water partition coefficient (Wildman–Crippen LogP) is 4.03. The summed E-state index contributed by atoms with van der Waals surface area (Å²) in [6, 6.07) is 15.5. The van der Waals surface area contributed by atoms with Gasteiger partial charge in [-0.15, -0.1) is 0 Å². The van der Waals surface area contributed by atoms with E-state index in [1.54, 1.807) is 16.7 Å². The third-order valence-electron chi connectivity index (χ3n) is 5.74. The zero-order valence-corrected chi connectivity index (χ0v) is 19.5. The molecule has 0 radical (unpaired) electrons. The van der Waals surface area contributed by atoms with Gasteiger partial charge in [-0.1, -0.05) is 49.7 Å². The van der Waals surface area contributed by atoms with Crippen LogP contribution in [0.5, 0.6) is 11.5 Å². The Labute approximate surface area is 191 Å². The van der Waals surface area contributed by atoms with Crippen LogP contribution in [0.1, 0.15) is 44.2 Å². The molecule has 1 heterocycles. The number of para-hydroxylation sites is 1. The Balaban J connectivity index is 1.52. The SMILES string of the molecule is Cc1ccc(OCC(=O)N2CCCN(C(=O)C(C)Oc3ccccc3C(C)C)CC2)cc1. The lowest BCUT2D eigenvalue weighted by molar-refractivity contribution is -0.138. The van der Waals surface area contributed by atoms with E-state index in [0.29, 0.717) is 37.8 Å². The zero-order valence-electron chi connectivity index (χ0n) is 19.5. The van der Waals surface area contributed by atoms with Crippen LogP contribution in [0.15, 0.2) is 48.5 Å². The van der Waals surface area contributed by atoms with Crippen molar-refractivity contribution in [3.05, 3.63) is 59.7 Å². The standard InChI is InChI=1S/C26H34N2O4/c1-19(2)23-8-5-6-9-24(23)32-21(4)26(30)28-15-7-14-27(16-17-28)25(29)18-31-22-12-10-20(3)11-13-22/h5-6,8-13,19,21H,7,14-18H2,1-4H3. The molecular weight excluding hydrogens is 404 g/mol. The second kappa shape index (κ2) is 11.0. The summed E-state index contributed by atoms with van der Waals surface area (Å²) in [5.74, 6) is 1.64. The first-order valence-electron chi connectivity index (χ1n) is 11.4. The Morgan fingerprint density at radius 3 is 2.28 bits per heavy atom. The van der Waals surface area contributed by atoms with Gasteiger partial charge in [0.25, 0.3) is 11.8 Å². The first-order chi connectivity index (χ1) is 15.3. The van der Waals surface area contributed by atoms with Crippen LogP contribution in [0.4, 0.5) is 0 Å². The molecular formula is C26H34N2O4. The van der Waals surface area contributed by atoms with Gasteiger partial charge >= 0.3 is 0 Å². The minimum Gasteiger partial charge on any atom is -0.484 e. The summed E-state index contributed by atoms with van der Waals surface area (Å²) in [6.45, 7) is 10.2. The molecule has 1 atom stereocenters. The molecule has 0 N–H and O–H groups in total. The highest BCUT2D eigenvalue weighted by Crippen LogP contribution is 2.27.